The van der Waals surface area contributed by atoms with Gasteiger partial charge in [-0.15, -0.1) is 0 Å². The van der Waals surface area contributed by atoms with Gasteiger partial charge in [0.1, 0.15) is 6.54 Å². The van der Waals surface area contributed by atoms with Gasteiger partial charge in [-0.2, -0.15) is 0 Å². The number of methoxy groups -OCH3 is 1. The number of carbonyl (C=O) groups is 1. The fraction of sp³-hybridized carbons (Fsp3) is 0.619. The highest BCUT2D eigenvalue weighted by molar-refractivity contribution is 5.84. The molecule has 0 unspecified atom stereocenters. The molecule has 1 aromatic carbocycles. The number of aliphatic imine (C=N–C) groups is 1. The van der Waals surface area contributed by atoms with Gasteiger partial charge in [0, 0.05) is 52.6 Å². The molecule has 7 nitrogen and oxygen atoms in total. The van der Waals surface area contributed by atoms with Gasteiger partial charge in [-0.1, -0.05) is 12.1 Å². The average Bonchev–Trinajstić information content (AvgIpc) is 2.72. The van der Waals surface area contributed by atoms with E-state index in [9.17, 15) is 4.79 Å². The van der Waals surface area contributed by atoms with Crippen molar-refractivity contribution in [2.75, 3.05) is 58.4 Å². The molecule has 1 saturated heterocycles. The maximum atomic E-state index is 11.9. The summed E-state index contributed by atoms with van der Waals surface area (Å²) in [6.45, 7) is 6.93. The zero-order chi connectivity index (χ0) is 20.2. The number of amides is 1. The number of anilines is 1. The number of hydrogen-bond acceptors (Lipinski definition) is 4. The van der Waals surface area contributed by atoms with Crippen molar-refractivity contribution >= 4 is 17.6 Å². The van der Waals surface area contributed by atoms with Gasteiger partial charge in [0.2, 0.25) is 5.91 Å². The van der Waals surface area contributed by atoms with Crippen molar-refractivity contribution in [1.82, 2.24) is 15.5 Å². The first kappa shape index (κ1) is 22.0. The van der Waals surface area contributed by atoms with Crippen molar-refractivity contribution in [2.45, 2.75) is 32.7 Å². The van der Waals surface area contributed by atoms with Crippen molar-refractivity contribution in [3.05, 3.63) is 29.8 Å². The van der Waals surface area contributed by atoms with Crippen LogP contribution in [-0.4, -0.2) is 70.3 Å². The molecule has 0 saturated carbocycles. The lowest BCUT2D eigenvalue weighted by molar-refractivity contribution is -0.119. The molecular formula is C21H35N5O2. The van der Waals surface area contributed by atoms with Crippen molar-refractivity contribution in [1.29, 1.82) is 0 Å². The highest BCUT2D eigenvalue weighted by Crippen LogP contribution is 2.20. The van der Waals surface area contributed by atoms with Crippen molar-refractivity contribution < 1.29 is 9.53 Å². The van der Waals surface area contributed by atoms with Crippen molar-refractivity contribution in [2.24, 2.45) is 4.99 Å². The van der Waals surface area contributed by atoms with Crippen LogP contribution in [0.15, 0.2) is 29.3 Å². The summed E-state index contributed by atoms with van der Waals surface area (Å²) in [6, 6.07) is 8.78. The zero-order valence-corrected chi connectivity index (χ0v) is 17.5. The summed E-state index contributed by atoms with van der Waals surface area (Å²) >= 11 is 0. The molecule has 0 spiro atoms. The summed E-state index contributed by atoms with van der Waals surface area (Å²) < 4.78 is 4.93. The van der Waals surface area contributed by atoms with Gasteiger partial charge < -0.3 is 25.2 Å². The Morgan fingerprint density at radius 1 is 1.18 bits per heavy atom. The minimum Gasteiger partial charge on any atom is -0.383 e. The van der Waals surface area contributed by atoms with Crippen LogP contribution >= 0.6 is 0 Å². The van der Waals surface area contributed by atoms with Crippen LogP contribution < -0.4 is 15.5 Å². The average molecular weight is 390 g/mol. The third-order valence-electron chi connectivity index (χ3n) is 4.77. The Kier molecular flexibility index (Phi) is 9.62. The predicted molar refractivity (Wildman–Crippen MR) is 115 cm³/mol. The highest BCUT2D eigenvalue weighted by atomic mass is 16.5. The quantitative estimate of drug-likeness (QED) is 0.383. The molecule has 0 bridgehead atoms. The van der Waals surface area contributed by atoms with Gasteiger partial charge in [0.15, 0.2) is 5.96 Å². The monoisotopic (exact) mass is 389 g/mol. The number of nitrogens with zero attached hydrogens (tertiary/aromatic N) is 3. The van der Waals surface area contributed by atoms with Crippen molar-refractivity contribution in [3.8, 4) is 0 Å². The number of rotatable bonds is 9. The van der Waals surface area contributed by atoms with Crippen LogP contribution in [0.25, 0.3) is 0 Å². The second kappa shape index (κ2) is 12.2. The molecule has 0 radical (unpaired) electrons. The van der Waals surface area contributed by atoms with Crippen LogP contribution in [0.1, 0.15) is 31.7 Å². The number of benzene rings is 1. The molecule has 7 heteroatoms. The molecule has 1 heterocycles. The van der Waals surface area contributed by atoms with Crippen LogP contribution in [-0.2, 0) is 16.1 Å². The highest BCUT2D eigenvalue weighted by Gasteiger charge is 2.12. The van der Waals surface area contributed by atoms with Crippen LogP contribution in [0.4, 0.5) is 5.69 Å². The van der Waals surface area contributed by atoms with Crippen LogP contribution in [0.3, 0.4) is 0 Å². The Morgan fingerprint density at radius 2 is 1.89 bits per heavy atom. The number of hydrogen-bond donors (Lipinski definition) is 2. The molecule has 156 valence electrons. The number of piperidine rings is 1. The first-order chi connectivity index (χ1) is 13.6. The number of carbonyl (C=O) groups excluding carboxylic acids is 1. The first-order valence-corrected chi connectivity index (χ1v) is 10.2. The van der Waals surface area contributed by atoms with Gasteiger partial charge in [-0.3, -0.25) is 4.79 Å². The van der Waals surface area contributed by atoms with E-state index in [-0.39, 0.29) is 12.5 Å². The maximum Gasteiger partial charge on any atom is 0.241 e. The molecule has 1 aromatic rings. The summed E-state index contributed by atoms with van der Waals surface area (Å²) in [5.74, 6) is 0.622. The standard InChI is InChI=1S/C21H35N5O2/c1-4-22-21(24-16-20(27)23-12-15-28-3)25(2)17-18-8-10-19(11-9-18)26-13-6-5-7-14-26/h8-11H,4-7,12-17H2,1-3H3,(H,22,24)(H,23,27). The first-order valence-electron chi connectivity index (χ1n) is 10.2. The Bertz CT molecular complexity index is 612. The third-order valence-corrected chi connectivity index (χ3v) is 4.77. The van der Waals surface area contributed by atoms with E-state index in [1.807, 2.05) is 18.9 Å². The van der Waals surface area contributed by atoms with E-state index in [1.165, 1.54) is 30.5 Å². The van der Waals surface area contributed by atoms with Gasteiger partial charge in [-0.05, 0) is 43.9 Å². The molecule has 2 N–H and O–H groups in total. The summed E-state index contributed by atoms with van der Waals surface area (Å²) in [5.41, 5.74) is 2.53. The van der Waals surface area contributed by atoms with E-state index >= 15 is 0 Å². The molecular weight excluding hydrogens is 354 g/mol. The lowest BCUT2D eigenvalue weighted by atomic mass is 10.1. The maximum absolute atomic E-state index is 11.9. The summed E-state index contributed by atoms with van der Waals surface area (Å²) in [5, 5.41) is 6.04. The lowest BCUT2D eigenvalue weighted by Gasteiger charge is -2.29. The summed E-state index contributed by atoms with van der Waals surface area (Å²) in [6.07, 6.45) is 3.91. The molecule has 0 aliphatic carbocycles. The molecule has 1 aliphatic rings. The van der Waals surface area contributed by atoms with Crippen LogP contribution in [0.5, 0.6) is 0 Å². The molecule has 1 fully saturated rings. The van der Waals surface area contributed by atoms with E-state index in [4.69, 9.17) is 4.74 Å². The molecule has 0 aromatic heterocycles. The minimum atomic E-state index is -0.105. The minimum absolute atomic E-state index is 0.101. The normalized spacial score (nSPS) is 14.7. The fourth-order valence-corrected chi connectivity index (χ4v) is 3.28. The second-order valence-corrected chi connectivity index (χ2v) is 7.08. The third kappa shape index (κ3) is 7.38. The largest absolute Gasteiger partial charge is 0.383 e. The number of guanidine groups is 1. The van der Waals surface area contributed by atoms with Gasteiger partial charge in [0.05, 0.1) is 6.61 Å². The second-order valence-electron chi connectivity index (χ2n) is 7.08. The number of nitrogens with one attached hydrogen (secondary N) is 2. The van der Waals surface area contributed by atoms with E-state index in [2.05, 4.69) is 44.8 Å². The molecule has 0 atom stereocenters. The summed E-state index contributed by atoms with van der Waals surface area (Å²) in [7, 11) is 3.60. The van der Waals surface area contributed by atoms with Crippen LogP contribution in [0.2, 0.25) is 0 Å². The fourth-order valence-electron chi connectivity index (χ4n) is 3.28. The van der Waals surface area contributed by atoms with E-state index in [1.54, 1.807) is 7.11 Å². The lowest BCUT2D eigenvalue weighted by Crippen LogP contribution is -2.39. The van der Waals surface area contributed by atoms with Crippen molar-refractivity contribution in [3.63, 3.8) is 0 Å². The van der Waals surface area contributed by atoms with E-state index in [0.29, 0.717) is 13.2 Å². The Labute approximate surface area is 169 Å². The smallest absolute Gasteiger partial charge is 0.241 e. The topological polar surface area (TPSA) is 69.2 Å². The zero-order valence-electron chi connectivity index (χ0n) is 17.5. The van der Waals surface area contributed by atoms with E-state index in [0.717, 1.165) is 32.1 Å². The Morgan fingerprint density at radius 3 is 2.54 bits per heavy atom. The van der Waals surface area contributed by atoms with Crippen LogP contribution in [0, 0.1) is 0 Å². The predicted octanol–water partition coefficient (Wildman–Crippen LogP) is 1.84. The van der Waals surface area contributed by atoms with E-state index < -0.39 is 0 Å². The van der Waals surface area contributed by atoms with Gasteiger partial charge in [-0.25, -0.2) is 4.99 Å². The summed E-state index contributed by atoms with van der Waals surface area (Å²) in [4.78, 5) is 20.8. The van der Waals surface area contributed by atoms with Gasteiger partial charge in [0.25, 0.3) is 0 Å². The SMILES string of the molecule is CCNC(=NCC(=O)NCCOC)N(C)Cc1ccc(N2CCCCC2)cc1. The number of ether oxygens (including phenoxy) is 1. The Hall–Kier alpha value is -2.28. The molecule has 2 rings (SSSR count). The Balaban J connectivity index is 1.90. The van der Waals surface area contributed by atoms with Gasteiger partial charge >= 0.3 is 0 Å². The molecule has 1 aliphatic heterocycles. The molecule has 28 heavy (non-hydrogen) atoms. The molecule has 1 amide bonds.